The number of aromatic nitrogens is 2. The van der Waals surface area contributed by atoms with Crippen LogP contribution in [0.3, 0.4) is 0 Å². The lowest BCUT2D eigenvalue weighted by Gasteiger charge is -1.96. The molecule has 0 radical (unpaired) electrons. The first-order valence-electron chi connectivity index (χ1n) is 5.56. The summed E-state index contributed by atoms with van der Waals surface area (Å²) >= 11 is 2.94. The Labute approximate surface area is 119 Å². The van der Waals surface area contributed by atoms with Crippen LogP contribution in [0.25, 0.3) is 11.0 Å². The summed E-state index contributed by atoms with van der Waals surface area (Å²) < 4.78 is 6.95. The zero-order valence-electron chi connectivity index (χ0n) is 10.7. The van der Waals surface area contributed by atoms with Crippen LogP contribution in [0, 0.1) is 0 Å². The summed E-state index contributed by atoms with van der Waals surface area (Å²) in [5.74, 6) is 1.81. The smallest absolute Gasteiger partial charge is 0.288 e. The molecular weight excluding hydrogens is 308 g/mol. The van der Waals surface area contributed by atoms with Crippen LogP contribution in [0.2, 0.25) is 0 Å². The summed E-state index contributed by atoms with van der Waals surface area (Å²) in [7, 11) is 0. The van der Waals surface area contributed by atoms with Gasteiger partial charge in [-0.25, -0.2) is 0 Å². The van der Waals surface area contributed by atoms with E-state index in [1.54, 1.807) is 24.4 Å². The van der Waals surface area contributed by atoms with Gasteiger partial charge < -0.3 is 4.52 Å². The third-order valence-corrected chi connectivity index (χ3v) is 2.44. The number of halogens is 1. The van der Waals surface area contributed by atoms with Gasteiger partial charge in [-0.15, -0.1) is 0 Å². The molecule has 0 aliphatic carbocycles. The predicted molar refractivity (Wildman–Crippen MR) is 80.4 cm³/mol. The third-order valence-electron chi connectivity index (χ3n) is 2.44. The Balaban J connectivity index is 0.000000861. The molecule has 2 aromatic rings. The Morgan fingerprint density at radius 2 is 2.26 bits per heavy atom. The number of alkyl halides is 1. The number of hydrogen-bond acceptors (Lipinski definition) is 2. The number of pyridine rings is 1. The highest BCUT2D eigenvalue weighted by molar-refractivity contribution is 9.08. The van der Waals surface area contributed by atoms with Crippen molar-refractivity contribution in [3.05, 3.63) is 65.8 Å². The van der Waals surface area contributed by atoms with Gasteiger partial charge in [-0.1, -0.05) is 47.3 Å². The second-order valence-electron chi connectivity index (χ2n) is 3.61. The van der Waals surface area contributed by atoms with E-state index in [0.29, 0.717) is 17.5 Å². The molecule has 100 valence electrons. The van der Waals surface area contributed by atoms with Crippen LogP contribution in [-0.2, 0) is 6.54 Å². The van der Waals surface area contributed by atoms with Gasteiger partial charge in [0.05, 0.1) is 5.39 Å². The quantitative estimate of drug-likeness (QED) is 0.534. The number of nitrogens with zero attached hydrogens (tertiary/aromatic N) is 1. The molecule has 0 saturated heterocycles. The van der Waals surface area contributed by atoms with Crippen molar-refractivity contribution in [2.45, 2.75) is 6.54 Å². The number of rotatable bonds is 4. The maximum absolute atomic E-state index is 11.3. The summed E-state index contributed by atoms with van der Waals surface area (Å²) in [6.07, 6.45) is 8.97. The molecule has 19 heavy (non-hydrogen) atoms. The van der Waals surface area contributed by atoms with E-state index in [-0.39, 0.29) is 5.56 Å². The Kier molecular flexibility index (Phi) is 6.02. The summed E-state index contributed by atoms with van der Waals surface area (Å²) in [6.45, 7) is 8.03. The summed E-state index contributed by atoms with van der Waals surface area (Å²) in [6, 6.07) is 1.73. The first-order chi connectivity index (χ1) is 9.24. The van der Waals surface area contributed by atoms with Crippen LogP contribution in [0.5, 0.6) is 0 Å². The second kappa shape index (κ2) is 7.53. The van der Waals surface area contributed by atoms with Crippen molar-refractivity contribution in [1.29, 1.82) is 0 Å². The minimum atomic E-state index is -0.210. The molecule has 0 fully saturated rings. The van der Waals surface area contributed by atoms with Crippen LogP contribution in [0.15, 0.2) is 64.7 Å². The van der Waals surface area contributed by atoms with E-state index in [0.717, 1.165) is 5.57 Å². The number of allylic oxidation sites excluding steroid dienone is 4. The Bertz CT molecular complexity index is 653. The van der Waals surface area contributed by atoms with Crippen LogP contribution < -0.4 is 10.1 Å². The van der Waals surface area contributed by atoms with E-state index in [1.807, 2.05) is 22.7 Å². The fourth-order valence-corrected chi connectivity index (χ4v) is 1.59. The van der Waals surface area contributed by atoms with Crippen molar-refractivity contribution in [2.75, 3.05) is 5.83 Å². The van der Waals surface area contributed by atoms with Gasteiger partial charge in [0.1, 0.15) is 0 Å². The first-order valence-corrected chi connectivity index (χ1v) is 7.15. The lowest BCUT2D eigenvalue weighted by molar-refractivity contribution is -0.687. The summed E-state index contributed by atoms with van der Waals surface area (Å²) in [5.41, 5.74) is 1.36. The zero-order valence-corrected chi connectivity index (χ0v) is 12.3. The number of fused-ring (bicyclic) bond motifs is 1. The van der Waals surface area contributed by atoms with Gasteiger partial charge in [0, 0.05) is 11.6 Å². The third kappa shape index (κ3) is 3.79. The fourth-order valence-electron chi connectivity index (χ4n) is 1.59. The van der Waals surface area contributed by atoms with Gasteiger partial charge in [-0.2, -0.15) is 9.72 Å². The molecule has 4 nitrogen and oxygen atoms in total. The van der Waals surface area contributed by atoms with Crippen LogP contribution in [0.4, 0.5) is 0 Å². The molecule has 0 spiro atoms. The standard InChI is InChI=1S/C13H12N2O2.CH3Br/c1-3-5-10(4-2)8-15-7-6-11-12(9-15)17-14-13(11)16;1-2/h3-7,9H,1-2,8H2;1H3/p+1/b10-5+;. The van der Waals surface area contributed by atoms with E-state index in [2.05, 4.69) is 34.2 Å². The van der Waals surface area contributed by atoms with Gasteiger partial charge in [-0.05, 0) is 5.83 Å². The van der Waals surface area contributed by atoms with Crippen LogP contribution in [0.1, 0.15) is 0 Å². The normalized spacial score (nSPS) is 10.7. The number of hydrogen-bond donors (Lipinski definition) is 1. The highest BCUT2D eigenvalue weighted by atomic mass is 79.9. The van der Waals surface area contributed by atoms with E-state index < -0.39 is 0 Å². The molecule has 2 heterocycles. The van der Waals surface area contributed by atoms with E-state index in [1.165, 1.54) is 0 Å². The number of H-pyrrole nitrogens is 1. The highest BCUT2D eigenvalue weighted by Crippen LogP contribution is 2.05. The molecule has 0 aromatic carbocycles. The molecule has 0 aliphatic heterocycles. The zero-order chi connectivity index (χ0) is 14.3. The molecule has 0 amide bonds. The topological polar surface area (TPSA) is 49.9 Å². The Morgan fingerprint density at radius 1 is 1.53 bits per heavy atom. The molecule has 5 heteroatoms. The number of aromatic amines is 1. The largest absolute Gasteiger partial charge is 0.372 e. The highest BCUT2D eigenvalue weighted by Gasteiger charge is 2.09. The molecule has 2 rings (SSSR count). The van der Waals surface area contributed by atoms with Crippen LogP contribution >= 0.6 is 15.9 Å². The van der Waals surface area contributed by atoms with E-state index >= 15 is 0 Å². The maximum atomic E-state index is 11.3. The van der Waals surface area contributed by atoms with Crippen molar-refractivity contribution in [3.8, 4) is 0 Å². The van der Waals surface area contributed by atoms with Crippen molar-refractivity contribution < 1.29 is 9.09 Å². The SMILES string of the molecule is C=C/C=C(\C=C)C[n+]1ccc2c(=O)[nH]oc2c1.CBr. The monoisotopic (exact) mass is 323 g/mol. The molecule has 2 aromatic heterocycles. The van der Waals surface area contributed by atoms with Crippen molar-refractivity contribution in [3.63, 3.8) is 0 Å². The molecule has 0 saturated carbocycles. The van der Waals surface area contributed by atoms with Crippen LogP contribution in [-0.4, -0.2) is 11.0 Å². The lowest BCUT2D eigenvalue weighted by Crippen LogP contribution is -2.33. The van der Waals surface area contributed by atoms with Gasteiger partial charge in [0.2, 0.25) is 11.8 Å². The minimum absolute atomic E-state index is 0.210. The molecule has 0 atom stereocenters. The Morgan fingerprint density at radius 3 is 2.89 bits per heavy atom. The predicted octanol–water partition coefficient (Wildman–Crippen LogP) is 2.72. The summed E-state index contributed by atoms with van der Waals surface area (Å²) in [5, 5.41) is 2.85. The maximum Gasteiger partial charge on any atom is 0.288 e. The first kappa shape index (κ1) is 15.2. The van der Waals surface area contributed by atoms with Gasteiger partial charge in [-0.3, -0.25) is 4.79 Å². The fraction of sp³-hybridized carbons (Fsp3) is 0.143. The van der Waals surface area contributed by atoms with Crippen molar-refractivity contribution in [1.82, 2.24) is 5.16 Å². The van der Waals surface area contributed by atoms with E-state index in [4.69, 9.17) is 4.52 Å². The lowest BCUT2D eigenvalue weighted by atomic mass is 10.2. The van der Waals surface area contributed by atoms with Crippen molar-refractivity contribution >= 4 is 26.9 Å². The average molecular weight is 324 g/mol. The molecule has 1 N–H and O–H groups in total. The average Bonchev–Trinajstić information content (AvgIpc) is 2.82. The van der Waals surface area contributed by atoms with Gasteiger partial charge >= 0.3 is 0 Å². The van der Waals surface area contributed by atoms with Crippen molar-refractivity contribution in [2.24, 2.45) is 0 Å². The second-order valence-corrected chi connectivity index (χ2v) is 3.61. The summed E-state index contributed by atoms with van der Waals surface area (Å²) in [4.78, 5) is 11.3. The Hall–Kier alpha value is -1.88. The molecule has 0 bridgehead atoms. The molecular formula is C14H16BrN2O2+. The van der Waals surface area contributed by atoms with Gasteiger partial charge in [0.25, 0.3) is 5.56 Å². The minimum Gasteiger partial charge on any atom is -0.372 e. The molecule has 0 aliphatic rings. The molecule has 0 unspecified atom stereocenters. The number of nitrogens with one attached hydrogen (secondary N) is 1. The van der Waals surface area contributed by atoms with Gasteiger partial charge in [0.15, 0.2) is 12.7 Å². The van der Waals surface area contributed by atoms with E-state index in [9.17, 15) is 4.79 Å².